The molecule has 7 rings (SSSR count). The van der Waals surface area contributed by atoms with Gasteiger partial charge in [0.1, 0.15) is 38.9 Å². The van der Waals surface area contributed by atoms with Gasteiger partial charge in [-0.3, -0.25) is 4.55 Å². The zero-order valence-corrected chi connectivity index (χ0v) is 34.0. The van der Waals surface area contributed by atoms with E-state index in [2.05, 4.69) is 20.8 Å². The van der Waals surface area contributed by atoms with Gasteiger partial charge in [-0.25, -0.2) is 0 Å². The third-order valence-electron chi connectivity index (χ3n) is 13.1. The Labute approximate surface area is 329 Å². The predicted molar refractivity (Wildman–Crippen MR) is 223 cm³/mol. The van der Waals surface area contributed by atoms with Gasteiger partial charge in [-0.15, -0.1) is 0 Å². The van der Waals surface area contributed by atoms with Gasteiger partial charge in [-0.2, -0.15) is 8.42 Å². The van der Waals surface area contributed by atoms with E-state index >= 15 is 0 Å². The lowest BCUT2D eigenvalue weighted by molar-refractivity contribution is 0.0263. The summed E-state index contributed by atoms with van der Waals surface area (Å²) in [6.07, 6.45) is 19.9. The maximum Gasteiger partial charge on any atom is 0.295 e. The largest absolute Gasteiger partial charge is 0.487 e. The summed E-state index contributed by atoms with van der Waals surface area (Å²) >= 11 is 0. The van der Waals surface area contributed by atoms with Crippen LogP contribution in [0.15, 0.2) is 89.8 Å². The van der Waals surface area contributed by atoms with E-state index in [1.807, 2.05) is 84.9 Å². The molecule has 4 aromatic rings. The molecule has 3 aliphatic carbocycles. The first-order valence-electron chi connectivity index (χ1n) is 21.1. The van der Waals surface area contributed by atoms with Crippen molar-refractivity contribution in [2.75, 3.05) is 0 Å². The van der Waals surface area contributed by atoms with Gasteiger partial charge in [0.05, 0.1) is 0 Å². The lowest BCUT2D eigenvalue weighted by Gasteiger charge is -2.37. The van der Waals surface area contributed by atoms with E-state index in [9.17, 15) is 13.0 Å². The van der Waals surface area contributed by atoms with Gasteiger partial charge in [-0.05, 0) is 167 Å². The fourth-order valence-electron chi connectivity index (χ4n) is 9.54. The maximum atomic E-state index is 13.5. The van der Waals surface area contributed by atoms with Crippen molar-refractivity contribution in [1.82, 2.24) is 0 Å². The first-order valence-corrected chi connectivity index (χ1v) is 22.6. The van der Waals surface area contributed by atoms with Crippen LogP contribution in [0.25, 0.3) is 33.4 Å². The SMILES string of the molecule is CCC1(Oc2ccc(-c3cc(-c4ccc(OC5(CC)CCCCC5)cc4)c(S(=O)(=O)O)c(-c4ccc(OC5(CC)CCCCC5)cc4)c3)cc2)CCCCC1. The van der Waals surface area contributed by atoms with Gasteiger partial charge in [0.25, 0.3) is 10.1 Å². The van der Waals surface area contributed by atoms with Crippen molar-refractivity contribution in [2.45, 2.75) is 158 Å². The van der Waals surface area contributed by atoms with Crippen molar-refractivity contribution in [3.63, 3.8) is 0 Å². The molecule has 3 fully saturated rings. The highest BCUT2D eigenvalue weighted by atomic mass is 32.2. The lowest BCUT2D eigenvalue weighted by atomic mass is 9.82. The minimum Gasteiger partial charge on any atom is -0.487 e. The van der Waals surface area contributed by atoms with Crippen molar-refractivity contribution in [1.29, 1.82) is 0 Å². The molecule has 55 heavy (non-hydrogen) atoms. The second-order valence-electron chi connectivity index (χ2n) is 16.5. The molecule has 3 aliphatic rings. The smallest absolute Gasteiger partial charge is 0.295 e. The highest BCUT2D eigenvalue weighted by molar-refractivity contribution is 7.86. The van der Waals surface area contributed by atoms with Crippen LogP contribution in [0.1, 0.15) is 136 Å². The molecule has 0 bridgehead atoms. The summed E-state index contributed by atoms with van der Waals surface area (Å²) in [5.41, 5.74) is 3.54. The first-order chi connectivity index (χ1) is 26.6. The summed E-state index contributed by atoms with van der Waals surface area (Å²) in [5, 5.41) is 0. The van der Waals surface area contributed by atoms with Crippen LogP contribution in [-0.2, 0) is 10.1 Å². The third-order valence-corrected chi connectivity index (χ3v) is 14.1. The quantitative estimate of drug-likeness (QED) is 0.137. The van der Waals surface area contributed by atoms with E-state index in [4.69, 9.17) is 14.2 Å². The first kappa shape index (κ1) is 39.4. The van der Waals surface area contributed by atoms with E-state index < -0.39 is 10.1 Å². The van der Waals surface area contributed by atoms with Crippen LogP contribution in [0.4, 0.5) is 0 Å². The number of ether oxygens (including phenoxy) is 3. The molecule has 0 saturated heterocycles. The van der Waals surface area contributed by atoms with Crippen molar-refractivity contribution in [3.05, 3.63) is 84.9 Å². The second kappa shape index (κ2) is 16.7. The molecule has 294 valence electrons. The van der Waals surface area contributed by atoms with Crippen molar-refractivity contribution in [2.24, 2.45) is 0 Å². The van der Waals surface area contributed by atoms with Crippen LogP contribution in [0.5, 0.6) is 17.2 Å². The molecule has 0 unspecified atom stereocenters. The molecule has 0 heterocycles. The highest BCUT2D eigenvalue weighted by Crippen LogP contribution is 2.43. The van der Waals surface area contributed by atoms with Crippen LogP contribution in [0.3, 0.4) is 0 Å². The maximum absolute atomic E-state index is 13.5. The zero-order chi connectivity index (χ0) is 38.5. The summed E-state index contributed by atoms with van der Waals surface area (Å²) in [5.74, 6) is 2.39. The van der Waals surface area contributed by atoms with E-state index in [1.165, 1.54) is 57.8 Å². The Hall–Kier alpha value is -3.81. The van der Waals surface area contributed by atoms with E-state index in [1.54, 1.807) is 0 Å². The van der Waals surface area contributed by atoms with Crippen molar-refractivity contribution < 1.29 is 27.2 Å². The van der Waals surface area contributed by atoms with Gasteiger partial charge in [0.2, 0.25) is 0 Å². The lowest BCUT2D eigenvalue weighted by Crippen LogP contribution is -2.37. The van der Waals surface area contributed by atoms with Gasteiger partial charge in [-0.1, -0.05) is 76.4 Å². The van der Waals surface area contributed by atoms with Gasteiger partial charge < -0.3 is 14.2 Å². The molecule has 1 N–H and O–H groups in total. The zero-order valence-electron chi connectivity index (χ0n) is 33.2. The Balaban J connectivity index is 1.28. The molecular formula is C48H60O6S. The molecule has 0 atom stereocenters. The van der Waals surface area contributed by atoms with Crippen LogP contribution in [0.2, 0.25) is 0 Å². The number of benzene rings is 4. The Morgan fingerprint density at radius 1 is 0.455 bits per heavy atom. The third kappa shape index (κ3) is 8.94. The molecule has 0 amide bonds. The van der Waals surface area contributed by atoms with E-state index in [-0.39, 0.29) is 21.7 Å². The summed E-state index contributed by atoms with van der Waals surface area (Å²) in [6, 6.07) is 27.3. The Morgan fingerprint density at radius 3 is 1.02 bits per heavy atom. The Kier molecular flexibility index (Phi) is 12.0. The van der Waals surface area contributed by atoms with Crippen LogP contribution in [-0.4, -0.2) is 29.8 Å². The monoisotopic (exact) mass is 764 g/mol. The molecule has 0 spiro atoms. The van der Waals surface area contributed by atoms with Crippen molar-refractivity contribution >= 4 is 10.1 Å². The Morgan fingerprint density at radius 2 is 0.745 bits per heavy atom. The van der Waals surface area contributed by atoms with Crippen molar-refractivity contribution in [3.8, 4) is 50.6 Å². The molecule has 4 aromatic carbocycles. The number of hydrogen-bond acceptors (Lipinski definition) is 5. The van der Waals surface area contributed by atoms with Crippen LogP contribution < -0.4 is 14.2 Å². The molecular weight excluding hydrogens is 705 g/mol. The predicted octanol–water partition coefficient (Wildman–Crippen LogP) is 13.4. The summed E-state index contributed by atoms with van der Waals surface area (Å²) in [4.78, 5) is -0.115. The fourth-order valence-corrected chi connectivity index (χ4v) is 10.5. The van der Waals surface area contributed by atoms with E-state index in [0.717, 1.165) is 86.2 Å². The molecule has 0 radical (unpaired) electrons. The summed E-state index contributed by atoms with van der Waals surface area (Å²) < 4.78 is 57.8. The summed E-state index contributed by atoms with van der Waals surface area (Å²) in [7, 11) is -4.67. The molecule has 6 nitrogen and oxygen atoms in total. The Bertz CT molecular complexity index is 1890. The average molecular weight is 765 g/mol. The summed E-state index contributed by atoms with van der Waals surface area (Å²) in [6.45, 7) is 6.60. The van der Waals surface area contributed by atoms with Gasteiger partial charge >= 0.3 is 0 Å². The second-order valence-corrected chi connectivity index (χ2v) is 17.9. The van der Waals surface area contributed by atoms with E-state index in [0.29, 0.717) is 22.3 Å². The number of hydrogen-bond donors (Lipinski definition) is 1. The highest BCUT2D eigenvalue weighted by Gasteiger charge is 2.35. The van der Waals surface area contributed by atoms with Crippen LogP contribution >= 0.6 is 0 Å². The topological polar surface area (TPSA) is 82.1 Å². The minimum atomic E-state index is -4.67. The molecule has 3 saturated carbocycles. The standard InChI is InChI=1S/C48H60O6S/c1-4-46(28-10-7-11-29-46)52-40-22-16-36(17-23-40)39-34-43(37-18-24-41(25-19-37)53-47(5-2)30-12-8-13-31-47)45(55(49,50)51)44(35-39)38-20-26-42(27-21-38)54-48(6-3)32-14-9-15-33-48/h16-27,34-35H,4-15,28-33H2,1-3H3,(H,49,50,51). The minimum absolute atomic E-state index is 0.115. The average Bonchev–Trinajstić information content (AvgIpc) is 3.22. The molecule has 7 heteroatoms. The fraction of sp³-hybridized carbons (Fsp3) is 0.500. The number of rotatable bonds is 13. The van der Waals surface area contributed by atoms with Crippen LogP contribution in [0, 0.1) is 0 Å². The molecule has 0 aliphatic heterocycles. The normalized spacial score (nSPS) is 19.3. The van der Waals surface area contributed by atoms with Gasteiger partial charge in [0.15, 0.2) is 0 Å². The van der Waals surface area contributed by atoms with Gasteiger partial charge in [0, 0.05) is 11.1 Å². The molecule has 0 aromatic heterocycles.